The molecule has 5 heteroatoms. The molecule has 102 valence electrons. The molecule has 0 aliphatic heterocycles. The number of carbonyl (C=O) groups excluding carboxylic acids is 2. The van der Waals surface area contributed by atoms with Crippen molar-refractivity contribution in [1.29, 1.82) is 0 Å². The van der Waals surface area contributed by atoms with Crippen molar-refractivity contribution in [2.24, 2.45) is 5.73 Å². The molecule has 0 radical (unpaired) electrons. The van der Waals surface area contributed by atoms with Gasteiger partial charge in [0, 0.05) is 13.1 Å². The number of nitrogens with two attached hydrogens (primary N) is 1. The van der Waals surface area contributed by atoms with Gasteiger partial charge in [0.05, 0.1) is 6.54 Å². The fourth-order valence-electron chi connectivity index (χ4n) is 1.83. The number of amides is 2. The Morgan fingerprint density at radius 2 is 2.00 bits per heavy atom. The molecule has 1 aliphatic rings. The van der Waals surface area contributed by atoms with Crippen LogP contribution in [0.25, 0.3) is 0 Å². The maximum Gasteiger partial charge on any atom is 0.244 e. The quantitative estimate of drug-likeness (QED) is 0.806. The largest absolute Gasteiger partial charge is 0.352 e. The van der Waals surface area contributed by atoms with Gasteiger partial charge in [0.25, 0.3) is 0 Å². The van der Waals surface area contributed by atoms with Crippen molar-refractivity contribution in [2.45, 2.75) is 24.9 Å². The lowest BCUT2D eigenvalue weighted by Gasteiger charge is -2.21. The molecule has 1 saturated carbocycles. The molecule has 1 aromatic rings. The van der Waals surface area contributed by atoms with Gasteiger partial charge in [-0.15, -0.1) is 0 Å². The van der Waals surface area contributed by atoms with Crippen molar-refractivity contribution in [3.8, 4) is 0 Å². The van der Waals surface area contributed by atoms with E-state index >= 15 is 0 Å². The van der Waals surface area contributed by atoms with Crippen LogP contribution in [-0.4, -0.2) is 36.3 Å². The first-order valence-corrected chi connectivity index (χ1v) is 6.43. The molecule has 1 atom stereocenters. The standard InChI is InChI=1S/C14H19N3O2/c1-17(9-12(18)16-11-7-8-11)14(19)13(15)10-5-3-2-4-6-10/h2-6,11,13H,7-9,15H2,1H3,(H,16,18)/t13-/m1/s1. The number of hydrogen-bond acceptors (Lipinski definition) is 3. The van der Waals surface area contributed by atoms with E-state index in [0.29, 0.717) is 6.04 Å². The van der Waals surface area contributed by atoms with Gasteiger partial charge < -0.3 is 16.0 Å². The summed E-state index contributed by atoms with van der Waals surface area (Å²) < 4.78 is 0. The molecule has 3 N–H and O–H groups in total. The Labute approximate surface area is 112 Å². The summed E-state index contributed by atoms with van der Waals surface area (Å²) in [7, 11) is 1.59. The lowest BCUT2D eigenvalue weighted by Crippen LogP contribution is -2.42. The molecule has 1 aromatic carbocycles. The minimum absolute atomic E-state index is 0.0515. The second-order valence-corrected chi connectivity index (χ2v) is 4.92. The SMILES string of the molecule is CN(CC(=O)NC1CC1)C(=O)[C@H](N)c1ccccc1. The number of nitrogens with one attached hydrogen (secondary N) is 1. The first-order chi connectivity index (χ1) is 9.08. The van der Waals surface area contributed by atoms with Crippen molar-refractivity contribution in [1.82, 2.24) is 10.2 Å². The van der Waals surface area contributed by atoms with Gasteiger partial charge in [0.2, 0.25) is 11.8 Å². The molecular formula is C14H19N3O2. The highest BCUT2D eigenvalue weighted by Crippen LogP contribution is 2.18. The van der Waals surface area contributed by atoms with Gasteiger partial charge in [-0.05, 0) is 18.4 Å². The average Bonchev–Trinajstić information content (AvgIpc) is 3.21. The van der Waals surface area contributed by atoms with Gasteiger partial charge in [-0.1, -0.05) is 30.3 Å². The maximum atomic E-state index is 12.1. The Morgan fingerprint density at radius 1 is 1.37 bits per heavy atom. The third-order valence-corrected chi connectivity index (χ3v) is 3.12. The van der Waals surface area contributed by atoms with E-state index in [-0.39, 0.29) is 18.4 Å². The molecule has 2 rings (SSSR count). The molecule has 1 aliphatic carbocycles. The van der Waals surface area contributed by atoms with E-state index in [4.69, 9.17) is 5.73 Å². The first kappa shape index (κ1) is 13.5. The zero-order valence-electron chi connectivity index (χ0n) is 11.0. The molecule has 0 saturated heterocycles. The number of hydrogen-bond donors (Lipinski definition) is 2. The van der Waals surface area contributed by atoms with E-state index in [0.717, 1.165) is 18.4 Å². The van der Waals surface area contributed by atoms with Crippen LogP contribution >= 0.6 is 0 Å². The van der Waals surface area contributed by atoms with Crippen LogP contribution in [0.2, 0.25) is 0 Å². The average molecular weight is 261 g/mol. The number of likely N-dealkylation sites (N-methyl/N-ethyl adjacent to an activating group) is 1. The van der Waals surface area contributed by atoms with Gasteiger partial charge in [0.1, 0.15) is 6.04 Å². The van der Waals surface area contributed by atoms with E-state index < -0.39 is 6.04 Å². The summed E-state index contributed by atoms with van der Waals surface area (Å²) in [5, 5.41) is 2.84. The van der Waals surface area contributed by atoms with Gasteiger partial charge in [-0.2, -0.15) is 0 Å². The van der Waals surface area contributed by atoms with Crippen molar-refractivity contribution in [2.75, 3.05) is 13.6 Å². The summed E-state index contributed by atoms with van der Waals surface area (Å²) in [6.07, 6.45) is 2.07. The molecule has 1 fully saturated rings. The maximum absolute atomic E-state index is 12.1. The molecule has 0 aromatic heterocycles. The summed E-state index contributed by atoms with van der Waals surface area (Å²) in [6, 6.07) is 8.73. The lowest BCUT2D eigenvalue weighted by molar-refractivity contribution is -0.135. The Kier molecular flexibility index (Phi) is 4.16. The van der Waals surface area contributed by atoms with Crippen LogP contribution in [0.4, 0.5) is 0 Å². The highest BCUT2D eigenvalue weighted by molar-refractivity contribution is 5.88. The zero-order valence-corrected chi connectivity index (χ0v) is 11.0. The van der Waals surface area contributed by atoms with E-state index in [9.17, 15) is 9.59 Å². The van der Waals surface area contributed by atoms with E-state index in [1.54, 1.807) is 19.2 Å². The Balaban J connectivity index is 1.88. The summed E-state index contributed by atoms with van der Waals surface area (Å²) in [5.74, 6) is -0.379. The van der Waals surface area contributed by atoms with Crippen LogP contribution < -0.4 is 11.1 Å². The highest BCUT2D eigenvalue weighted by atomic mass is 16.2. The third-order valence-electron chi connectivity index (χ3n) is 3.12. The minimum atomic E-state index is -0.722. The van der Waals surface area contributed by atoms with Crippen molar-refractivity contribution >= 4 is 11.8 Å². The molecule has 0 unspecified atom stereocenters. The number of nitrogens with zero attached hydrogens (tertiary/aromatic N) is 1. The monoisotopic (exact) mass is 261 g/mol. The lowest BCUT2D eigenvalue weighted by atomic mass is 10.1. The van der Waals surface area contributed by atoms with Crippen LogP contribution in [0.5, 0.6) is 0 Å². The Morgan fingerprint density at radius 3 is 2.58 bits per heavy atom. The van der Waals surface area contributed by atoms with Crippen LogP contribution in [0, 0.1) is 0 Å². The normalized spacial score (nSPS) is 15.7. The second-order valence-electron chi connectivity index (χ2n) is 4.92. The molecule has 0 bridgehead atoms. The van der Waals surface area contributed by atoms with Crippen molar-refractivity contribution < 1.29 is 9.59 Å². The topological polar surface area (TPSA) is 75.4 Å². The predicted octanol–water partition coefficient (Wildman–Crippen LogP) is 0.423. The Bertz CT molecular complexity index is 457. The molecule has 19 heavy (non-hydrogen) atoms. The first-order valence-electron chi connectivity index (χ1n) is 6.43. The number of carbonyl (C=O) groups is 2. The van der Waals surface area contributed by atoms with E-state index in [2.05, 4.69) is 5.32 Å². The van der Waals surface area contributed by atoms with Crippen LogP contribution in [0.3, 0.4) is 0 Å². The van der Waals surface area contributed by atoms with Crippen LogP contribution in [0.1, 0.15) is 24.4 Å². The van der Waals surface area contributed by atoms with Gasteiger partial charge in [0.15, 0.2) is 0 Å². The number of benzene rings is 1. The molecule has 0 spiro atoms. The molecular weight excluding hydrogens is 242 g/mol. The van der Waals surface area contributed by atoms with Gasteiger partial charge in [-0.25, -0.2) is 0 Å². The Hall–Kier alpha value is -1.88. The summed E-state index contributed by atoms with van der Waals surface area (Å²) in [6.45, 7) is 0.0515. The smallest absolute Gasteiger partial charge is 0.244 e. The minimum Gasteiger partial charge on any atom is -0.352 e. The summed E-state index contributed by atoms with van der Waals surface area (Å²) >= 11 is 0. The highest BCUT2D eigenvalue weighted by Gasteiger charge is 2.25. The van der Waals surface area contributed by atoms with E-state index in [1.807, 2.05) is 18.2 Å². The van der Waals surface area contributed by atoms with Gasteiger partial charge >= 0.3 is 0 Å². The molecule has 2 amide bonds. The van der Waals surface area contributed by atoms with E-state index in [1.165, 1.54) is 4.90 Å². The molecule has 0 heterocycles. The van der Waals surface area contributed by atoms with Crippen molar-refractivity contribution in [3.05, 3.63) is 35.9 Å². The van der Waals surface area contributed by atoms with Crippen LogP contribution in [0.15, 0.2) is 30.3 Å². The van der Waals surface area contributed by atoms with Crippen LogP contribution in [-0.2, 0) is 9.59 Å². The predicted molar refractivity (Wildman–Crippen MR) is 72.2 cm³/mol. The molecule has 5 nitrogen and oxygen atoms in total. The van der Waals surface area contributed by atoms with Crippen molar-refractivity contribution in [3.63, 3.8) is 0 Å². The fraction of sp³-hybridized carbons (Fsp3) is 0.429. The zero-order chi connectivity index (χ0) is 13.8. The van der Waals surface area contributed by atoms with Gasteiger partial charge in [-0.3, -0.25) is 9.59 Å². The number of rotatable bonds is 5. The third kappa shape index (κ3) is 3.79. The summed E-state index contributed by atoms with van der Waals surface area (Å²) in [5.41, 5.74) is 6.66. The summed E-state index contributed by atoms with van der Waals surface area (Å²) in [4.78, 5) is 25.1. The second kappa shape index (κ2) is 5.84. The fourth-order valence-corrected chi connectivity index (χ4v) is 1.83.